The SMILES string of the molecule is C=CC=CC=C(O)C=O. The molecule has 0 fully saturated rings. The van der Waals surface area contributed by atoms with Crippen LogP contribution < -0.4 is 0 Å². The highest BCUT2D eigenvalue weighted by Gasteiger charge is 1.79. The fourth-order valence-electron chi connectivity index (χ4n) is 0.272. The lowest BCUT2D eigenvalue weighted by molar-refractivity contribution is -0.106. The Morgan fingerprint density at radius 2 is 2.11 bits per heavy atom. The van der Waals surface area contributed by atoms with Crippen LogP contribution in [0.1, 0.15) is 0 Å². The van der Waals surface area contributed by atoms with E-state index in [9.17, 15) is 4.79 Å². The molecule has 0 rings (SSSR count). The van der Waals surface area contributed by atoms with E-state index in [0.717, 1.165) is 0 Å². The predicted molar refractivity (Wildman–Crippen MR) is 36.1 cm³/mol. The van der Waals surface area contributed by atoms with E-state index in [1.165, 1.54) is 12.2 Å². The second-order valence-corrected chi connectivity index (χ2v) is 1.33. The zero-order valence-corrected chi connectivity index (χ0v) is 4.95. The Hall–Kier alpha value is -1.31. The molecule has 9 heavy (non-hydrogen) atoms. The van der Waals surface area contributed by atoms with Crippen molar-refractivity contribution >= 4 is 6.29 Å². The number of hydrogen-bond acceptors (Lipinski definition) is 2. The standard InChI is InChI=1S/C7H8O2/c1-2-3-4-5-7(9)6-8/h2-6,9H,1H2. The third-order valence-electron chi connectivity index (χ3n) is 0.635. The molecular weight excluding hydrogens is 116 g/mol. The maximum absolute atomic E-state index is 9.72. The first-order chi connectivity index (χ1) is 4.31. The fourth-order valence-corrected chi connectivity index (χ4v) is 0.272. The monoisotopic (exact) mass is 124 g/mol. The van der Waals surface area contributed by atoms with Gasteiger partial charge in [-0.1, -0.05) is 24.8 Å². The Bertz CT molecular complexity index is 154. The second kappa shape index (κ2) is 4.84. The molecule has 0 bridgehead atoms. The zero-order valence-electron chi connectivity index (χ0n) is 4.95. The van der Waals surface area contributed by atoms with Crippen LogP contribution in [0.2, 0.25) is 0 Å². The molecule has 0 aliphatic carbocycles. The molecule has 0 atom stereocenters. The summed E-state index contributed by atoms with van der Waals surface area (Å²) in [6, 6.07) is 0. The summed E-state index contributed by atoms with van der Waals surface area (Å²) in [5.74, 6) is -0.284. The quantitative estimate of drug-likeness (QED) is 0.267. The molecule has 0 spiro atoms. The van der Waals surface area contributed by atoms with Crippen LogP contribution in [0.4, 0.5) is 0 Å². The van der Waals surface area contributed by atoms with Crippen molar-refractivity contribution in [3.8, 4) is 0 Å². The average Bonchev–Trinajstić information content (AvgIpc) is 1.89. The van der Waals surface area contributed by atoms with Crippen LogP contribution in [0.5, 0.6) is 0 Å². The Morgan fingerprint density at radius 1 is 1.44 bits per heavy atom. The Balaban J connectivity index is 3.81. The molecule has 48 valence electrons. The van der Waals surface area contributed by atoms with Gasteiger partial charge in [-0.25, -0.2) is 0 Å². The van der Waals surface area contributed by atoms with Crippen molar-refractivity contribution in [1.82, 2.24) is 0 Å². The van der Waals surface area contributed by atoms with E-state index in [0.29, 0.717) is 6.29 Å². The van der Waals surface area contributed by atoms with Crippen molar-refractivity contribution in [2.24, 2.45) is 0 Å². The van der Waals surface area contributed by atoms with Gasteiger partial charge >= 0.3 is 0 Å². The first kappa shape index (κ1) is 7.69. The van der Waals surface area contributed by atoms with Gasteiger partial charge in [0.25, 0.3) is 0 Å². The molecule has 0 saturated carbocycles. The van der Waals surface area contributed by atoms with Crippen molar-refractivity contribution in [3.05, 3.63) is 36.6 Å². The lowest BCUT2D eigenvalue weighted by atomic mass is 10.4. The number of rotatable bonds is 3. The highest BCUT2D eigenvalue weighted by atomic mass is 16.3. The van der Waals surface area contributed by atoms with Gasteiger partial charge < -0.3 is 5.11 Å². The van der Waals surface area contributed by atoms with E-state index in [1.54, 1.807) is 12.2 Å². The highest BCUT2D eigenvalue weighted by molar-refractivity contribution is 5.69. The van der Waals surface area contributed by atoms with Crippen molar-refractivity contribution in [2.45, 2.75) is 0 Å². The normalized spacial score (nSPS) is 11.8. The van der Waals surface area contributed by atoms with Gasteiger partial charge in [-0.3, -0.25) is 4.79 Å². The first-order valence-electron chi connectivity index (χ1n) is 2.44. The lowest BCUT2D eigenvalue weighted by Crippen LogP contribution is -1.76. The van der Waals surface area contributed by atoms with E-state index in [2.05, 4.69) is 6.58 Å². The fraction of sp³-hybridized carbons (Fsp3) is 0. The molecule has 1 N–H and O–H groups in total. The Labute approximate surface area is 53.8 Å². The average molecular weight is 124 g/mol. The van der Waals surface area contributed by atoms with Crippen LogP contribution in [-0.2, 0) is 4.79 Å². The van der Waals surface area contributed by atoms with Crippen LogP contribution in [0.15, 0.2) is 36.6 Å². The molecule has 0 heterocycles. The van der Waals surface area contributed by atoms with E-state index in [1.807, 2.05) is 0 Å². The molecule has 2 nitrogen and oxygen atoms in total. The van der Waals surface area contributed by atoms with E-state index in [-0.39, 0.29) is 5.76 Å². The van der Waals surface area contributed by atoms with Gasteiger partial charge in [0.15, 0.2) is 12.0 Å². The zero-order chi connectivity index (χ0) is 7.11. The molecule has 0 aliphatic rings. The minimum atomic E-state index is -0.284. The molecule has 0 radical (unpaired) electrons. The summed E-state index contributed by atoms with van der Waals surface area (Å²) < 4.78 is 0. The van der Waals surface area contributed by atoms with E-state index in [4.69, 9.17) is 5.11 Å². The van der Waals surface area contributed by atoms with Gasteiger partial charge in [0.2, 0.25) is 0 Å². The van der Waals surface area contributed by atoms with Gasteiger partial charge in [0, 0.05) is 0 Å². The molecule has 0 aliphatic heterocycles. The van der Waals surface area contributed by atoms with Gasteiger partial charge in [0.05, 0.1) is 0 Å². The third kappa shape index (κ3) is 4.55. The largest absolute Gasteiger partial charge is 0.505 e. The third-order valence-corrected chi connectivity index (χ3v) is 0.635. The Kier molecular flexibility index (Phi) is 4.14. The number of carbonyl (C=O) groups excluding carboxylic acids is 1. The molecule has 0 unspecified atom stereocenters. The second-order valence-electron chi connectivity index (χ2n) is 1.33. The van der Waals surface area contributed by atoms with Gasteiger partial charge in [0.1, 0.15) is 0 Å². The number of hydrogen-bond donors (Lipinski definition) is 1. The number of aliphatic hydroxyl groups excluding tert-OH is 1. The van der Waals surface area contributed by atoms with Gasteiger partial charge in [-0.15, -0.1) is 0 Å². The Morgan fingerprint density at radius 3 is 2.56 bits per heavy atom. The van der Waals surface area contributed by atoms with Crippen molar-refractivity contribution < 1.29 is 9.90 Å². The maximum Gasteiger partial charge on any atom is 0.184 e. The van der Waals surface area contributed by atoms with E-state index >= 15 is 0 Å². The summed E-state index contributed by atoms with van der Waals surface area (Å²) in [5, 5.41) is 8.49. The minimum absolute atomic E-state index is 0.284. The molecule has 0 aromatic rings. The summed E-state index contributed by atoms with van der Waals surface area (Å²) in [5.41, 5.74) is 0. The number of allylic oxidation sites excluding steroid dienone is 5. The number of aldehydes is 1. The van der Waals surface area contributed by atoms with Crippen LogP contribution >= 0.6 is 0 Å². The summed E-state index contributed by atoms with van der Waals surface area (Å²) in [6.45, 7) is 3.40. The van der Waals surface area contributed by atoms with Crippen LogP contribution in [0.3, 0.4) is 0 Å². The van der Waals surface area contributed by atoms with Crippen molar-refractivity contribution in [1.29, 1.82) is 0 Å². The molecule has 2 heteroatoms. The molecular formula is C7H8O2. The summed E-state index contributed by atoms with van der Waals surface area (Å²) >= 11 is 0. The summed E-state index contributed by atoms with van der Waals surface area (Å²) in [7, 11) is 0. The smallest absolute Gasteiger partial charge is 0.184 e. The maximum atomic E-state index is 9.72. The highest BCUT2D eigenvalue weighted by Crippen LogP contribution is 1.82. The van der Waals surface area contributed by atoms with Gasteiger partial charge in [-0.2, -0.15) is 0 Å². The molecule has 0 saturated heterocycles. The summed E-state index contributed by atoms with van der Waals surface area (Å²) in [4.78, 5) is 9.72. The van der Waals surface area contributed by atoms with Crippen molar-refractivity contribution in [3.63, 3.8) is 0 Å². The lowest BCUT2D eigenvalue weighted by Gasteiger charge is -1.78. The topological polar surface area (TPSA) is 37.3 Å². The molecule has 0 aromatic carbocycles. The molecule has 0 aromatic heterocycles. The first-order valence-corrected chi connectivity index (χ1v) is 2.44. The molecule has 0 amide bonds. The summed E-state index contributed by atoms with van der Waals surface area (Å²) in [6.07, 6.45) is 6.34. The van der Waals surface area contributed by atoms with Crippen LogP contribution in [0.25, 0.3) is 0 Å². The van der Waals surface area contributed by atoms with E-state index < -0.39 is 0 Å². The van der Waals surface area contributed by atoms with Crippen molar-refractivity contribution in [2.75, 3.05) is 0 Å². The van der Waals surface area contributed by atoms with Crippen LogP contribution in [0, 0.1) is 0 Å². The predicted octanol–water partition coefficient (Wildman–Crippen LogP) is 1.37. The number of carbonyl (C=O) groups is 1. The number of aliphatic hydroxyl groups is 1. The van der Waals surface area contributed by atoms with Gasteiger partial charge in [-0.05, 0) is 6.08 Å². The minimum Gasteiger partial charge on any atom is -0.505 e. The van der Waals surface area contributed by atoms with Crippen LogP contribution in [-0.4, -0.2) is 11.4 Å².